The van der Waals surface area contributed by atoms with E-state index in [1.165, 1.54) is 31.1 Å². The topological polar surface area (TPSA) is 90.0 Å². The fourth-order valence-corrected chi connectivity index (χ4v) is 2.90. The second-order valence-corrected chi connectivity index (χ2v) is 8.45. The molecular weight excluding hydrogens is 382 g/mol. The molecule has 0 saturated carbocycles. The first kappa shape index (κ1) is 23.7. The van der Waals surface area contributed by atoms with E-state index >= 15 is 0 Å². The Morgan fingerprint density at radius 2 is 1.68 bits per heavy atom. The predicted octanol–water partition coefficient (Wildman–Crippen LogP) is 3.06. The molecule has 0 bridgehead atoms. The molecular formula is C20H27NO6S. The van der Waals surface area contributed by atoms with Gasteiger partial charge in [0.15, 0.2) is 5.12 Å². The normalized spacial score (nSPS) is 12.1. The SMILES string of the molecule is COC(=O)c1ccc(N(CC(=O)OC(C)(C)C)C(=O)[C@H](C)CSC(C)=O)cc1. The van der Waals surface area contributed by atoms with Gasteiger partial charge in [0, 0.05) is 24.3 Å². The molecule has 1 atom stereocenters. The quantitative estimate of drug-likeness (QED) is 0.639. The fraction of sp³-hybridized carbons (Fsp3) is 0.500. The van der Waals surface area contributed by atoms with E-state index in [2.05, 4.69) is 4.74 Å². The van der Waals surface area contributed by atoms with Gasteiger partial charge in [0.2, 0.25) is 5.91 Å². The molecule has 0 heterocycles. The number of amides is 1. The van der Waals surface area contributed by atoms with Crippen LogP contribution in [0.3, 0.4) is 0 Å². The summed E-state index contributed by atoms with van der Waals surface area (Å²) in [5, 5.41) is -0.0826. The lowest BCUT2D eigenvalue weighted by molar-refractivity contribution is -0.153. The number of carbonyl (C=O) groups excluding carboxylic acids is 4. The van der Waals surface area contributed by atoms with Crippen molar-refractivity contribution >= 4 is 40.4 Å². The van der Waals surface area contributed by atoms with E-state index in [9.17, 15) is 19.2 Å². The van der Waals surface area contributed by atoms with E-state index in [0.29, 0.717) is 17.0 Å². The molecule has 0 aromatic heterocycles. The number of esters is 2. The lowest BCUT2D eigenvalue weighted by atomic mass is 10.1. The average molecular weight is 410 g/mol. The predicted molar refractivity (Wildman–Crippen MR) is 108 cm³/mol. The largest absolute Gasteiger partial charge is 0.465 e. The Labute approximate surface area is 169 Å². The second kappa shape index (κ2) is 10.3. The van der Waals surface area contributed by atoms with Crippen molar-refractivity contribution in [3.63, 3.8) is 0 Å². The van der Waals surface area contributed by atoms with Gasteiger partial charge in [-0.1, -0.05) is 18.7 Å². The van der Waals surface area contributed by atoms with Crippen LogP contribution >= 0.6 is 11.8 Å². The third-order valence-corrected chi connectivity index (χ3v) is 4.60. The van der Waals surface area contributed by atoms with Crippen LogP contribution in [0, 0.1) is 5.92 Å². The zero-order chi connectivity index (χ0) is 21.5. The molecule has 0 aliphatic rings. The minimum absolute atomic E-state index is 0.0826. The Balaban J connectivity index is 3.09. The van der Waals surface area contributed by atoms with E-state index in [0.717, 1.165) is 11.8 Å². The van der Waals surface area contributed by atoms with Gasteiger partial charge in [0.25, 0.3) is 0 Å². The van der Waals surface area contributed by atoms with Crippen LogP contribution < -0.4 is 4.90 Å². The Morgan fingerprint density at radius 1 is 1.11 bits per heavy atom. The highest BCUT2D eigenvalue weighted by molar-refractivity contribution is 8.13. The second-order valence-electron chi connectivity index (χ2n) is 7.25. The molecule has 28 heavy (non-hydrogen) atoms. The molecule has 1 aromatic rings. The Morgan fingerprint density at radius 3 is 2.14 bits per heavy atom. The average Bonchev–Trinajstić information content (AvgIpc) is 2.61. The molecule has 7 nitrogen and oxygen atoms in total. The molecule has 0 saturated heterocycles. The van der Waals surface area contributed by atoms with Gasteiger partial charge in [-0.25, -0.2) is 4.79 Å². The number of carbonyl (C=O) groups is 4. The van der Waals surface area contributed by atoms with E-state index in [1.807, 2.05) is 0 Å². The van der Waals surface area contributed by atoms with Crippen LogP contribution in [0.4, 0.5) is 5.69 Å². The van der Waals surface area contributed by atoms with E-state index in [1.54, 1.807) is 39.8 Å². The number of nitrogens with zero attached hydrogens (tertiary/aromatic N) is 1. The summed E-state index contributed by atoms with van der Waals surface area (Å²) in [5.41, 5.74) is 0.0932. The van der Waals surface area contributed by atoms with Crippen LogP contribution in [0.5, 0.6) is 0 Å². The maximum Gasteiger partial charge on any atom is 0.337 e. The molecule has 0 unspecified atom stereocenters. The summed E-state index contributed by atoms with van der Waals surface area (Å²) in [7, 11) is 1.28. The molecule has 1 rings (SSSR count). The van der Waals surface area contributed by atoms with Crippen molar-refractivity contribution in [3.05, 3.63) is 29.8 Å². The molecule has 0 aliphatic carbocycles. The molecule has 154 valence electrons. The number of rotatable bonds is 7. The van der Waals surface area contributed by atoms with Crippen molar-refractivity contribution in [3.8, 4) is 0 Å². The summed E-state index contributed by atoms with van der Waals surface area (Å²) in [6.07, 6.45) is 0. The maximum atomic E-state index is 12.9. The van der Waals surface area contributed by atoms with Gasteiger partial charge >= 0.3 is 11.9 Å². The van der Waals surface area contributed by atoms with Crippen LogP contribution in [0.1, 0.15) is 45.0 Å². The van der Waals surface area contributed by atoms with Gasteiger partial charge < -0.3 is 14.4 Å². The number of hydrogen-bond acceptors (Lipinski definition) is 7. The Hall–Kier alpha value is -2.35. The monoisotopic (exact) mass is 409 g/mol. The first-order valence-corrected chi connectivity index (χ1v) is 9.78. The highest BCUT2D eigenvalue weighted by Crippen LogP contribution is 2.21. The number of anilines is 1. The molecule has 0 radical (unpaired) electrons. The van der Waals surface area contributed by atoms with Crippen LogP contribution in [0.15, 0.2) is 24.3 Å². The van der Waals surface area contributed by atoms with Crippen LogP contribution in [0.2, 0.25) is 0 Å². The molecule has 8 heteroatoms. The number of benzene rings is 1. The first-order chi connectivity index (χ1) is 12.9. The molecule has 1 amide bonds. The highest BCUT2D eigenvalue weighted by atomic mass is 32.2. The van der Waals surface area contributed by atoms with Crippen LogP contribution in [-0.2, 0) is 23.9 Å². The zero-order valence-electron chi connectivity index (χ0n) is 17.1. The minimum Gasteiger partial charge on any atom is -0.465 e. The summed E-state index contributed by atoms with van der Waals surface area (Å²) in [4.78, 5) is 49.4. The highest BCUT2D eigenvalue weighted by Gasteiger charge is 2.27. The van der Waals surface area contributed by atoms with E-state index < -0.39 is 23.5 Å². The molecule has 0 aliphatic heterocycles. The molecule has 1 aromatic carbocycles. The lowest BCUT2D eigenvalue weighted by Gasteiger charge is -2.27. The van der Waals surface area contributed by atoms with Crippen LogP contribution in [0.25, 0.3) is 0 Å². The first-order valence-electron chi connectivity index (χ1n) is 8.79. The fourth-order valence-electron chi connectivity index (χ4n) is 2.27. The van der Waals surface area contributed by atoms with Crippen molar-refractivity contribution in [1.82, 2.24) is 0 Å². The van der Waals surface area contributed by atoms with Gasteiger partial charge in [-0.3, -0.25) is 14.4 Å². The maximum absolute atomic E-state index is 12.9. The number of ether oxygens (including phenoxy) is 2. The summed E-state index contributed by atoms with van der Waals surface area (Å²) >= 11 is 1.05. The van der Waals surface area contributed by atoms with Crippen molar-refractivity contribution in [2.24, 2.45) is 5.92 Å². The van der Waals surface area contributed by atoms with Gasteiger partial charge in [-0.2, -0.15) is 0 Å². The lowest BCUT2D eigenvalue weighted by Crippen LogP contribution is -2.42. The van der Waals surface area contributed by atoms with Crippen molar-refractivity contribution in [2.45, 2.75) is 40.2 Å². The summed E-state index contributed by atoms with van der Waals surface area (Å²) in [6.45, 7) is 8.09. The van der Waals surface area contributed by atoms with Gasteiger partial charge in [-0.05, 0) is 45.0 Å². The van der Waals surface area contributed by atoms with Crippen LogP contribution in [-0.4, -0.2) is 48.0 Å². The van der Waals surface area contributed by atoms with Gasteiger partial charge in [0.05, 0.1) is 12.7 Å². The number of hydrogen-bond donors (Lipinski definition) is 0. The van der Waals surface area contributed by atoms with E-state index in [-0.39, 0.29) is 17.6 Å². The smallest absolute Gasteiger partial charge is 0.337 e. The van der Waals surface area contributed by atoms with Crippen molar-refractivity contribution in [2.75, 3.05) is 24.3 Å². The zero-order valence-corrected chi connectivity index (χ0v) is 17.9. The Kier molecular flexibility index (Phi) is 8.68. The standard InChI is InChI=1S/C20H27NO6S/c1-13(12-28-14(2)22)18(24)21(11-17(23)27-20(3,4)5)16-9-7-15(8-10-16)19(25)26-6/h7-10,13H,11-12H2,1-6H3/t13-/m1/s1. The third kappa shape index (κ3) is 7.72. The summed E-state index contributed by atoms with van der Waals surface area (Å²) < 4.78 is 10.00. The third-order valence-electron chi connectivity index (χ3n) is 3.53. The molecule has 0 spiro atoms. The van der Waals surface area contributed by atoms with Crippen molar-refractivity contribution < 1.29 is 28.7 Å². The van der Waals surface area contributed by atoms with Gasteiger partial charge in [-0.15, -0.1) is 0 Å². The molecule has 0 fully saturated rings. The summed E-state index contributed by atoms with van der Waals surface area (Å²) in [5.74, 6) is -1.55. The number of methoxy groups -OCH3 is 1. The summed E-state index contributed by atoms with van der Waals surface area (Å²) in [6, 6.07) is 6.18. The van der Waals surface area contributed by atoms with Crippen molar-refractivity contribution in [1.29, 1.82) is 0 Å². The molecule has 0 N–H and O–H groups in total. The number of thioether (sulfide) groups is 1. The van der Waals surface area contributed by atoms with E-state index in [4.69, 9.17) is 4.74 Å². The Bertz CT molecular complexity index is 723. The minimum atomic E-state index is -0.684. The van der Waals surface area contributed by atoms with Gasteiger partial charge in [0.1, 0.15) is 12.1 Å².